The van der Waals surface area contributed by atoms with Crippen LogP contribution >= 0.6 is 11.6 Å². The van der Waals surface area contributed by atoms with Crippen molar-refractivity contribution in [2.24, 2.45) is 5.92 Å². The zero-order valence-corrected chi connectivity index (χ0v) is 13.6. The highest BCUT2D eigenvalue weighted by Gasteiger charge is 2.30. The fraction of sp³-hybridized carbons (Fsp3) is 0.222. The Morgan fingerprint density at radius 3 is 2.71 bits per heavy atom. The van der Waals surface area contributed by atoms with E-state index in [0.29, 0.717) is 24.5 Å². The van der Waals surface area contributed by atoms with E-state index >= 15 is 0 Å². The van der Waals surface area contributed by atoms with Gasteiger partial charge in [-0.2, -0.15) is 0 Å². The number of halogens is 2. The maximum absolute atomic E-state index is 13.1. The number of hydrogen-bond acceptors (Lipinski definition) is 2. The smallest absolute Gasteiger partial charge is 0.251 e. The van der Waals surface area contributed by atoms with Crippen molar-refractivity contribution in [1.82, 2.24) is 5.32 Å². The minimum Gasteiger partial charge on any atom is -0.352 e. The first kappa shape index (κ1) is 16.5. The average Bonchev–Trinajstić information content (AvgIpc) is 2.94. The molecule has 2 aromatic rings. The van der Waals surface area contributed by atoms with Crippen LogP contribution in [0.4, 0.5) is 10.1 Å². The summed E-state index contributed by atoms with van der Waals surface area (Å²) >= 11 is 5.86. The molecule has 24 heavy (non-hydrogen) atoms. The van der Waals surface area contributed by atoms with Gasteiger partial charge in [-0.25, -0.2) is 4.39 Å². The van der Waals surface area contributed by atoms with Gasteiger partial charge < -0.3 is 10.2 Å². The molecule has 4 nitrogen and oxygen atoms in total. The second-order valence-corrected chi connectivity index (χ2v) is 6.21. The molecule has 0 aliphatic carbocycles. The lowest BCUT2D eigenvalue weighted by Crippen LogP contribution is -2.31. The number of rotatable bonds is 4. The number of nitrogens with one attached hydrogen (secondary N) is 1. The number of amides is 2. The van der Waals surface area contributed by atoms with Gasteiger partial charge in [-0.15, -0.1) is 0 Å². The largest absolute Gasteiger partial charge is 0.352 e. The Labute approximate surface area is 144 Å². The van der Waals surface area contributed by atoms with Crippen LogP contribution in [0.1, 0.15) is 16.8 Å². The molecule has 0 unspecified atom stereocenters. The third-order valence-corrected chi connectivity index (χ3v) is 4.23. The fourth-order valence-corrected chi connectivity index (χ4v) is 2.88. The summed E-state index contributed by atoms with van der Waals surface area (Å²) < 4.78 is 13.1. The summed E-state index contributed by atoms with van der Waals surface area (Å²) in [6.07, 6.45) is 0.367. The summed E-state index contributed by atoms with van der Waals surface area (Å²) in [5.41, 5.74) is 1.07. The zero-order chi connectivity index (χ0) is 17.1. The highest BCUT2D eigenvalue weighted by Crippen LogP contribution is 2.26. The van der Waals surface area contributed by atoms with Crippen LogP contribution < -0.4 is 10.2 Å². The number of carbonyl (C=O) groups is 2. The highest BCUT2D eigenvalue weighted by atomic mass is 35.5. The van der Waals surface area contributed by atoms with Gasteiger partial charge in [0, 0.05) is 41.7 Å². The van der Waals surface area contributed by atoms with Crippen LogP contribution in [0.5, 0.6) is 0 Å². The van der Waals surface area contributed by atoms with Gasteiger partial charge in [-0.05, 0) is 42.5 Å². The van der Waals surface area contributed by atoms with E-state index in [-0.39, 0.29) is 23.3 Å². The minimum absolute atomic E-state index is 0.0160. The Hall–Kier alpha value is -2.40. The van der Waals surface area contributed by atoms with Crippen LogP contribution in [0.2, 0.25) is 5.02 Å². The molecule has 3 rings (SSSR count). The minimum atomic E-state index is -0.451. The van der Waals surface area contributed by atoms with Crippen molar-refractivity contribution in [3.05, 3.63) is 64.9 Å². The van der Waals surface area contributed by atoms with Crippen molar-refractivity contribution in [2.75, 3.05) is 18.0 Å². The van der Waals surface area contributed by atoms with E-state index in [1.165, 1.54) is 18.2 Å². The number of carbonyl (C=O) groups excluding carboxylic acids is 2. The monoisotopic (exact) mass is 346 g/mol. The molecule has 0 spiro atoms. The summed E-state index contributed by atoms with van der Waals surface area (Å²) in [7, 11) is 0. The van der Waals surface area contributed by atoms with E-state index in [9.17, 15) is 14.0 Å². The maximum Gasteiger partial charge on any atom is 0.251 e. The molecule has 1 N–H and O–H groups in total. The molecule has 1 aliphatic rings. The van der Waals surface area contributed by atoms with Crippen LogP contribution in [0.25, 0.3) is 0 Å². The lowest BCUT2D eigenvalue weighted by molar-refractivity contribution is -0.117. The van der Waals surface area contributed by atoms with Crippen LogP contribution in [-0.4, -0.2) is 24.9 Å². The molecular formula is C18H16ClFN2O2. The molecule has 124 valence electrons. The Balaban J connectivity index is 1.58. The molecule has 0 bridgehead atoms. The molecule has 1 saturated heterocycles. The Morgan fingerprint density at radius 2 is 2.00 bits per heavy atom. The molecule has 1 heterocycles. The third kappa shape index (κ3) is 3.74. The number of anilines is 1. The second-order valence-electron chi connectivity index (χ2n) is 5.77. The summed E-state index contributed by atoms with van der Waals surface area (Å²) in [6.45, 7) is 0.898. The SMILES string of the molecule is O=C(NC[C@@H]1CC(=O)N(c2ccc(Cl)cc2)C1)c1cccc(F)c1. The second kappa shape index (κ2) is 7.01. The first-order valence-corrected chi connectivity index (χ1v) is 8.00. The number of benzene rings is 2. The lowest BCUT2D eigenvalue weighted by Gasteiger charge is -2.17. The van der Waals surface area contributed by atoms with E-state index in [4.69, 9.17) is 11.6 Å². The molecule has 1 atom stereocenters. The van der Waals surface area contributed by atoms with Crippen molar-refractivity contribution in [1.29, 1.82) is 0 Å². The van der Waals surface area contributed by atoms with Gasteiger partial charge in [0.25, 0.3) is 5.91 Å². The summed E-state index contributed by atoms with van der Waals surface area (Å²) in [4.78, 5) is 25.9. The van der Waals surface area contributed by atoms with Crippen LogP contribution in [0.15, 0.2) is 48.5 Å². The van der Waals surface area contributed by atoms with Gasteiger partial charge in [-0.3, -0.25) is 9.59 Å². The Bertz CT molecular complexity index is 764. The standard InChI is InChI=1S/C18H16ClFN2O2/c19-14-4-6-16(7-5-14)22-11-12(8-17(22)23)10-21-18(24)13-2-1-3-15(20)9-13/h1-7,9,12H,8,10-11H2,(H,21,24)/t12-/m0/s1. The quantitative estimate of drug-likeness (QED) is 0.923. The highest BCUT2D eigenvalue weighted by molar-refractivity contribution is 6.30. The van der Waals surface area contributed by atoms with Crippen molar-refractivity contribution in [2.45, 2.75) is 6.42 Å². The lowest BCUT2D eigenvalue weighted by atomic mass is 10.1. The van der Waals surface area contributed by atoms with Gasteiger partial charge in [-0.1, -0.05) is 17.7 Å². The van der Waals surface area contributed by atoms with E-state index in [1.54, 1.807) is 35.2 Å². The van der Waals surface area contributed by atoms with E-state index in [2.05, 4.69) is 5.32 Å². The molecule has 2 amide bonds. The zero-order valence-electron chi connectivity index (χ0n) is 12.8. The van der Waals surface area contributed by atoms with Gasteiger partial charge in [0.05, 0.1) is 0 Å². The van der Waals surface area contributed by atoms with Crippen LogP contribution in [-0.2, 0) is 4.79 Å². The average molecular weight is 347 g/mol. The van der Waals surface area contributed by atoms with Gasteiger partial charge >= 0.3 is 0 Å². The van der Waals surface area contributed by atoms with E-state index < -0.39 is 5.82 Å². The topological polar surface area (TPSA) is 49.4 Å². The predicted octanol–water partition coefficient (Wildman–Crippen LogP) is 3.26. The van der Waals surface area contributed by atoms with Crippen molar-refractivity contribution < 1.29 is 14.0 Å². The molecule has 2 aromatic carbocycles. The molecular weight excluding hydrogens is 331 g/mol. The van der Waals surface area contributed by atoms with Crippen LogP contribution in [0.3, 0.4) is 0 Å². The third-order valence-electron chi connectivity index (χ3n) is 3.98. The fourth-order valence-electron chi connectivity index (χ4n) is 2.76. The first-order valence-electron chi connectivity index (χ1n) is 7.62. The van der Waals surface area contributed by atoms with Crippen molar-refractivity contribution in [3.63, 3.8) is 0 Å². The maximum atomic E-state index is 13.1. The Morgan fingerprint density at radius 1 is 1.25 bits per heavy atom. The Kier molecular flexibility index (Phi) is 4.81. The summed E-state index contributed by atoms with van der Waals surface area (Å²) in [6, 6.07) is 12.6. The van der Waals surface area contributed by atoms with Crippen LogP contribution in [0, 0.1) is 11.7 Å². The van der Waals surface area contributed by atoms with Gasteiger partial charge in [0.1, 0.15) is 5.82 Å². The van der Waals surface area contributed by atoms with Crippen molar-refractivity contribution in [3.8, 4) is 0 Å². The first-order chi connectivity index (χ1) is 11.5. The molecule has 0 radical (unpaired) electrons. The molecule has 1 fully saturated rings. The number of nitrogens with zero attached hydrogens (tertiary/aromatic N) is 1. The van der Waals surface area contributed by atoms with Crippen molar-refractivity contribution >= 4 is 29.1 Å². The summed E-state index contributed by atoms with van der Waals surface area (Å²) in [5, 5.41) is 3.38. The molecule has 1 aliphatic heterocycles. The van der Waals surface area contributed by atoms with Gasteiger partial charge in [0.2, 0.25) is 5.91 Å². The van der Waals surface area contributed by atoms with E-state index in [1.807, 2.05) is 0 Å². The summed E-state index contributed by atoms with van der Waals surface area (Å²) in [5.74, 6) is -0.757. The molecule has 6 heteroatoms. The predicted molar refractivity (Wildman–Crippen MR) is 90.6 cm³/mol. The number of hydrogen-bond donors (Lipinski definition) is 1. The van der Waals surface area contributed by atoms with Gasteiger partial charge in [0.15, 0.2) is 0 Å². The van der Waals surface area contributed by atoms with E-state index in [0.717, 1.165) is 5.69 Å². The molecule has 0 aromatic heterocycles. The molecule has 0 saturated carbocycles. The normalized spacial score (nSPS) is 17.2.